The molecule has 0 aliphatic carbocycles. The predicted molar refractivity (Wildman–Crippen MR) is 122 cm³/mol. The van der Waals surface area contributed by atoms with Crippen molar-refractivity contribution in [2.75, 3.05) is 24.9 Å². The summed E-state index contributed by atoms with van der Waals surface area (Å²) in [4.78, 5) is 12.7. The first-order valence-corrected chi connectivity index (χ1v) is 10.8. The number of amides is 1. The number of nitrogens with one attached hydrogen (secondary N) is 2. The summed E-state index contributed by atoms with van der Waals surface area (Å²) in [5.74, 6) is 0.174. The topological polar surface area (TPSA) is 77.4 Å². The molecule has 2 atom stereocenters. The summed E-state index contributed by atoms with van der Waals surface area (Å²) in [5, 5.41) is 10.1. The fourth-order valence-corrected chi connectivity index (χ4v) is 4.09. The van der Waals surface area contributed by atoms with Crippen LogP contribution in [-0.4, -0.2) is 36.1 Å². The molecule has 2 heterocycles. The number of aromatic nitrogens is 2. The van der Waals surface area contributed by atoms with Crippen LogP contribution in [0.1, 0.15) is 34.6 Å². The molecular weight excluding hydrogens is 496 g/mol. The molecule has 3 aromatic rings. The van der Waals surface area contributed by atoms with Crippen LogP contribution in [0.3, 0.4) is 0 Å². The molecule has 2 N–H and O–H groups in total. The average Bonchev–Trinajstić information content (AvgIpc) is 3.24. The molecule has 0 spiro atoms. The Morgan fingerprint density at radius 2 is 1.85 bits per heavy atom. The number of alkyl halides is 3. The Bertz CT molecular complexity index is 1230. The van der Waals surface area contributed by atoms with E-state index in [1.807, 2.05) is 0 Å². The van der Waals surface area contributed by atoms with E-state index in [-0.39, 0.29) is 28.6 Å². The minimum Gasteiger partial charge on any atom is -0.493 e. The third-order valence-corrected chi connectivity index (χ3v) is 5.97. The number of rotatable bonds is 5. The van der Waals surface area contributed by atoms with Gasteiger partial charge in [-0.05, 0) is 35.9 Å². The first-order chi connectivity index (χ1) is 16.1. The largest absolute Gasteiger partial charge is 0.493 e. The van der Waals surface area contributed by atoms with E-state index < -0.39 is 24.2 Å². The number of hydrogen-bond donors (Lipinski definition) is 2. The van der Waals surface area contributed by atoms with E-state index in [0.717, 1.165) is 4.68 Å². The fraction of sp³-hybridized carbons (Fsp3) is 0.273. The van der Waals surface area contributed by atoms with Gasteiger partial charge in [0.05, 0.1) is 31.0 Å². The lowest BCUT2D eigenvalue weighted by molar-refractivity contribution is -0.173. The smallest absolute Gasteiger partial charge is 0.410 e. The van der Waals surface area contributed by atoms with Crippen LogP contribution in [-0.2, 0) is 0 Å². The van der Waals surface area contributed by atoms with E-state index in [2.05, 4.69) is 15.7 Å². The maximum atomic E-state index is 14.0. The molecule has 34 heavy (non-hydrogen) atoms. The summed E-state index contributed by atoms with van der Waals surface area (Å²) in [6.45, 7) is 0. The Balaban J connectivity index is 1.66. The van der Waals surface area contributed by atoms with Crippen LogP contribution in [0.5, 0.6) is 11.5 Å². The van der Waals surface area contributed by atoms with Crippen molar-refractivity contribution in [2.45, 2.75) is 24.7 Å². The normalized spacial score (nSPS) is 17.5. The monoisotopic (exact) mass is 514 g/mol. The first-order valence-electron chi connectivity index (χ1n) is 10.0. The van der Waals surface area contributed by atoms with Crippen LogP contribution in [0.4, 0.5) is 24.7 Å². The van der Waals surface area contributed by atoms with Crippen molar-refractivity contribution in [1.82, 2.24) is 9.78 Å². The summed E-state index contributed by atoms with van der Waals surface area (Å²) in [5.41, 5.74) is 0.575. The van der Waals surface area contributed by atoms with E-state index >= 15 is 0 Å². The summed E-state index contributed by atoms with van der Waals surface area (Å²) >= 11 is 12.0. The van der Waals surface area contributed by atoms with Gasteiger partial charge in [-0.25, -0.2) is 4.68 Å². The van der Waals surface area contributed by atoms with Crippen LogP contribution in [0.15, 0.2) is 42.5 Å². The quantitative estimate of drug-likeness (QED) is 0.428. The van der Waals surface area contributed by atoms with Crippen molar-refractivity contribution in [3.05, 3.63) is 63.8 Å². The van der Waals surface area contributed by atoms with Gasteiger partial charge >= 0.3 is 6.18 Å². The van der Waals surface area contributed by atoms with Gasteiger partial charge in [-0.15, -0.1) is 0 Å². The molecule has 4 rings (SSSR count). The number of hydrogen-bond acceptors (Lipinski definition) is 5. The number of methoxy groups -OCH3 is 2. The molecule has 1 amide bonds. The average molecular weight is 515 g/mol. The first kappa shape index (κ1) is 24.0. The molecule has 7 nitrogen and oxygen atoms in total. The maximum absolute atomic E-state index is 14.0. The molecule has 12 heteroatoms. The number of carbonyl (C=O) groups excluding carboxylic acids is 1. The van der Waals surface area contributed by atoms with Crippen LogP contribution < -0.4 is 20.1 Å². The second kappa shape index (κ2) is 9.27. The zero-order chi connectivity index (χ0) is 24.6. The Morgan fingerprint density at radius 1 is 1.12 bits per heavy atom. The Morgan fingerprint density at radius 3 is 2.53 bits per heavy atom. The van der Waals surface area contributed by atoms with E-state index in [1.165, 1.54) is 32.4 Å². The summed E-state index contributed by atoms with van der Waals surface area (Å²) in [6.07, 6.45) is -4.93. The summed E-state index contributed by atoms with van der Waals surface area (Å²) in [7, 11) is 2.92. The molecule has 0 radical (unpaired) electrons. The van der Waals surface area contributed by atoms with E-state index in [1.54, 1.807) is 24.3 Å². The number of anilines is 2. The van der Waals surface area contributed by atoms with Gasteiger partial charge in [0, 0.05) is 17.5 Å². The van der Waals surface area contributed by atoms with Crippen LogP contribution >= 0.6 is 23.2 Å². The second-order valence-corrected chi connectivity index (χ2v) is 8.39. The molecule has 1 aromatic heterocycles. The zero-order valence-electron chi connectivity index (χ0n) is 17.9. The number of halogens is 5. The molecule has 0 unspecified atom stereocenters. The number of nitrogens with zero attached hydrogens (tertiary/aromatic N) is 2. The van der Waals surface area contributed by atoms with Crippen molar-refractivity contribution in [2.24, 2.45) is 0 Å². The molecule has 0 bridgehead atoms. The molecule has 0 fully saturated rings. The lowest BCUT2D eigenvalue weighted by Crippen LogP contribution is -2.35. The van der Waals surface area contributed by atoms with E-state index in [9.17, 15) is 18.0 Å². The summed E-state index contributed by atoms with van der Waals surface area (Å²) < 4.78 is 53.1. The molecule has 0 saturated heterocycles. The number of fused-ring (bicyclic) bond motifs is 1. The zero-order valence-corrected chi connectivity index (χ0v) is 19.4. The minimum atomic E-state index is -4.60. The van der Waals surface area contributed by atoms with Gasteiger partial charge in [-0.3, -0.25) is 4.79 Å². The van der Waals surface area contributed by atoms with Crippen LogP contribution in [0.2, 0.25) is 10.0 Å². The van der Waals surface area contributed by atoms with Crippen LogP contribution in [0, 0.1) is 0 Å². The lowest BCUT2D eigenvalue weighted by Gasteiger charge is -2.33. The highest BCUT2D eigenvalue weighted by molar-refractivity contribution is 6.35. The van der Waals surface area contributed by atoms with Crippen molar-refractivity contribution >= 4 is 40.6 Å². The number of benzene rings is 2. The van der Waals surface area contributed by atoms with E-state index in [4.69, 9.17) is 32.7 Å². The Kier molecular flexibility index (Phi) is 6.55. The molecular formula is C22H19Cl2F3N4O3. The van der Waals surface area contributed by atoms with Gasteiger partial charge < -0.3 is 20.1 Å². The Labute approximate surface area is 202 Å². The van der Waals surface area contributed by atoms with Gasteiger partial charge in [0.1, 0.15) is 5.82 Å². The van der Waals surface area contributed by atoms with Gasteiger partial charge in [-0.1, -0.05) is 29.3 Å². The number of ether oxygens (including phenoxy) is 2. The predicted octanol–water partition coefficient (Wildman–Crippen LogP) is 6.12. The standard InChI is InChI=1S/C22H19Cl2F3N4O3/c1-33-17-6-3-11(7-18(17)34-2)14-9-19(22(25,26)27)31-20(28-14)10-16(30-31)21(32)29-15-8-12(23)4-5-13(15)24/h3-8,10,14,19,28H,9H2,1-2H3,(H,29,32)/t14-,19+/m1/s1. The lowest BCUT2D eigenvalue weighted by atomic mass is 9.96. The second-order valence-electron chi connectivity index (χ2n) is 7.54. The fourth-order valence-electron chi connectivity index (χ4n) is 3.75. The van der Waals surface area contributed by atoms with Crippen molar-refractivity contribution in [3.8, 4) is 11.5 Å². The highest BCUT2D eigenvalue weighted by Gasteiger charge is 2.47. The molecule has 0 saturated carbocycles. The molecule has 180 valence electrons. The van der Waals surface area contributed by atoms with Gasteiger partial charge in [0.2, 0.25) is 0 Å². The highest BCUT2D eigenvalue weighted by Crippen LogP contribution is 2.44. The summed E-state index contributed by atoms with van der Waals surface area (Å²) in [6, 6.07) is 7.97. The molecule has 1 aliphatic heterocycles. The third-order valence-electron chi connectivity index (χ3n) is 5.41. The third kappa shape index (κ3) is 4.74. The van der Waals surface area contributed by atoms with Crippen molar-refractivity contribution in [3.63, 3.8) is 0 Å². The van der Waals surface area contributed by atoms with Crippen LogP contribution in [0.25, 0.3) is 0 Å². The van der Waals surface area contributed by atoms with Crippen molar-refractivity contribution < 1.29 is 27.4 Å². The molecule has 1 aliphatic rings. The van der Waals surface area contributed by atoms with Gasteiger partial charge in [-0.2, -0.15) is 18.3 Å². The van der Waals surface area contributed by atoms with Gasteiger partial charge in [0.15, 0.2) is 23.2 Å². The van der Waals surface area contributed by atoms with E-state index in [0.29, 0.717) is 22.1 Å². The molecule has 2 aromatic carbocycles. The Hall–Kier alpha value is -3.11. The SMILES string of the molecule is COc1ccc([C@H]2C[C@@H](C(F)(F)F)n3nc(C(=O)Nc4cc(Cl)ccc4Cl)cc3N2)cc1OC. The van der Waals surface area contributed by atoms with Gasteiger partial charge in [0.25, 0.3) is 5.91 Å². The maximum Gasteiger partial charge on any atom is 0.410 e. The highest BCUT2D eigenvalue weighted by atomic mass is 35.5. The minimum absolute atomic E-state index is 0.0516. The van der Waals surface area contributed by atoms with Crippen molar-refractivity contribution in [1.29, 1.82) is 0 Å². The number of carbonyl (C=O) groups is 1.